The number of hydrogen-bond donors (Lipinski definition) is 0. The summed E-state index contributed by atoms with van der Waals surface area (Å²) in [6.07, 6.45) is 8.13. The molecular formula is C14H21BN. The van der Waals surface area contributed by atoms with Gasteiger partial charge in [-0.25, -0.2) is 0 Å². The van der Waals surface area contributed by atoms with Crippen molar-refractivity contribution in [1.82, 2.24) is 4.90 Å². The lowest BCUT2D eigenvalue weighted by atomic mass is 9.69. The van der Waals surface area contributed by atoms with Crippen LogP contribution in [0.1, 0.15) is 32.1 Å². The molecular weight excluding hydrogens is 193 g/mol. The fourth-order valence-corrected chi connectivity index (χ4v) is 2.51. The second-order valence-electron chi connectivity index (χ2n) is 4.85. The zero-order valence-corrected chi connectivity index (χ0v) is 10.2. The van der Waals surface area contributed by atoms with Gasteiger partial charge in [0.15, 0.2) is 7.28 Å². The summed E-state index contributed by atoms with van der Waals surface area (Å²) in [5.41, 5.74) is 1.34. The van der Waals surface area contributed by atoms with E-state index in [9.17, 15) is 0 Å². The number of hydrogen-bond acceptors (Lipinski definition) is 1. The molecule has 0 bridgehead atoms. The summed E-state index contributed by atoms with van der Waals surface area (Å²) in [6.45, 7) is 0. The smallest absolute Gasteiger partial charge is 0.169 e. The van der Waals surface area contributed by atoms with Crippen LogP contribution in [0, 0.1) is 0 Å². The van der Waals surface area contributed by atoms with Crippen LogP contribution >= 0.6 is 0 Å². The molecule has 0 saturated heterocycles. The van der Waals surface area contributed by atoms with E-state index in [-0.39, 0.29) is 0 Å². The fourth-order valence-electron chi connectivity index (χ4n) is 2.51. The second-order valence-corrected chi connectivity index (χ2v) is 4.85. The average molecular weight is 214 g/mol. The highest BCUT2D eigenvalue weighted by molar-refractivity contribution is 6.53. The Balaban J connectivity index is 1.76. The first-order valence-electron chi connectivity index (χ1n) is 6.45. The quantitative estimate of drug-likeness (QED) is 0.695. The lowest BCUT2D eigenvalue weighted by molar-refractivity contribution is 0.218. The van der Waals surface area contributed by atoms with Crippen molar-refractivity contribution >= 4 is 12.7 Å². The average Bonchev–Trinajstić information content (AvgIpc) is 2.38. The molecule has 0 atom stereocenters. The molecule has 0 spiro atoms. The molecule has 2 heteroatoms. The predicted octanol–water partition coefficient (Wildman–Crippen LogP) is 2.24. The fraction of sp³-hybridized carbons (Fsp3) is 0.571. The molecule has 1 radical (unpaired) electrons. The zero-order chi connectivity index (χ0) is 11.2. The van der Waals surface area contributed by atoms with Gasteiger partial charge >= 0.3 is 0 Å². The van der Waals surface area contributed by atoms with E-state index in [1.54, 1.807) is 0 Å². The number of benzene rings is 1. The Morgan fingerprint density at radius 3 is 2.50 bits per heavy atom. The Bertz CT molecular complexity index is 293. The normalized spacial score (nSPS) is 17.6. The number of nitrogens with zero attached hydrogens (tertiary/aromatic N) is 1. The minimum atomic E-state index is 0.814. The molecule has 1 aliphatic rings. The third kappa shape index (κ3) is 3.38. The van der Waals surface area contributed by atoms with Crippen LogP contribution in [0.25, 0.3) is 0 Å². The summed E-state index contributed by atoms with van der Waals surface area (Å²) in [6, 6.07) is 11.4. The van der Waals surface area contributed by atoms with Gasteiger partial charge in [-0.15, -0.1) is 0 Å². The Morgan fingerprint density at radius 2 is 1.81 bits per heavy atom. The van der Waals surface area contributed by atoms with Crippen LogP contribution in [-0.4, -0.2) is 31.7 Å². The Labute approximate surface area is 100 Å². The molecule has 1 aliphatic carbocycles. The molecule has 0 N–H and O–H groups in total. The van der Waals surface area contributed by atoms with Crippen LogP contribution in [0.15, 0.2) is 30.3 Å². The van der Waals surface area contributed by atoms with E-state index in [1.165, 1.54) is 37.6 Å². The molecule has 1 nitrogen and oxygen atoms in total. The predicted molar refractivity (Wildman–Crippen MR) is 71.3 cm³/mol. The highest BCUT2D eigenvalue weighted by Crippen LogP contribution is 2.20. The molecule has 0 aliphatic heterocycles. The first-order chi connectivity index (χ1) is 7.86. The Hall–Kier alpha value is -0.755. The van der Waals surface area contributed by atoms with Crippen molar-refractivity contribution in [3.63, 3.8) is 0 Å². The molecule has 16 heavy (non-hydrogen) atoms. The summed E-state index contributed by atoms with van der Waals surface area (Å²) in [5, 5.41) is 0. The largest absolute Gasteiger partial charge is 0.311 e. The van der Waals surface area contributed by atoms with Crippen molar-refractivity contribution in [2.24, 2.45) is 0 Å². The molecule has 1 fully saturated rings. The highest BCUT2D eigenvalue weighted by Gasteiger charge is 2.17. The maximum absolute atomic E-state index is 2.51. The van der Waals surface area contributed by atoms with E-state index >= 15 is 0 Å². The van der Waals surface area contributed by atoms with Crippen LogP contribution in [0.2, 0.25) is 0 Å². The molecule has 2 rings (SSSR count). The monoisotopic (exact) mass is 214 g/mol. The molecule has 0 amide bonds. The van der Waals surface area contributed by atoms with Crippen LogP contribution in [0.4, 0.5) is 0 Å². The first-order valence-corrected chi connectivity index (χ1v) is 6.45. The minimum Gasteiger partial charge on any atom is -0.311 e. The van der Waals surface area contributed by atoms with Gasteiger partial charge in [-0.3, -0.25) is 0 Å². The molecule has 85 valence electrons. The van der Waals surface area contributed by atoms with Crippen molar-refractivity contribution in [3.8, 4) is 0 Å². The standard InChI is InChI=1S/C14H21BN/c1-16(14-10-6-3-7-11-14)12-15-13-8-4-2-5-9-13/h2,4-5,8-9,14H,3,6-7,10-12H2,1H3. The molecule has 1 saturated carbocycles. The third-order valence-corrected chi connectivity index (χ3v) is 3.61. The zero-order valence-electron chi connectivity index (χ0n) is 10.2. The van der Waals surface area contributed by atoms with Crippen LogP contribution < -0.4 is 5.46 Å². The maximum atomic E-state index is 2.51. The van der Waals surface area contributed by atoms with Crippen LogP contribution in [0.3, 0.4) is 0 Å². The van der Waals surface area contributed by atoms with Crippen LogP contribution in [0.5, 0.6) is 0 Å². The minimum absolute atomic E-state index is 0.814. The topological polar surface area (TPSA) is 3.24 Å². The van der Waals surface area contributed by atoms with E-state index < -0.39 is 0 Å². The van der Waals surface area contributed by atoms with Crippen molar-refractivity contribution < 1.29 is 0 Å². The van der Waals surface area contributed by atoms with Gasteiger partial charge in [0.1, 0.15) is 0 Å². The lowest BCUT2D eigenvalue weighted by Gasteiger charge is -2.31. The van der Waals surface area contributed by atoms with Gasteiger partial charge < -0.3 is 4.90 Å². The summed E-state index contributed by atoms with van der Waals surface area (Å²) in [7, 11) is 4.59. The molecule has 1 aromatic carbocycles. The molecule has 1 aromatic rings. The Kier molecular flexibility index (Phi) is 4.47. The Morgan fingerprint density at radius 1 is 1.12 bits per heavy atom. The maximum Gasteiger partial charge on any atom is 0.169 e. The van der Waals surface area contributed by atoms with Crippen molar-refractivity contribution in [1.29, 1.82) is 0 Å². The third-order valence-electron chi connectivity index (χ3n) is 3.61. The summed E-state index contributed by atoms with van der Waals surface area (Å²) in [5.74, 6) is 0. The van der Waals surface area contributed by atoms with E-state index in [2.05, 4.69) is 49.6 Å². The van der Waals surface area contributed by atoms with E-state index in [4.69, 9.17) is 0 Å². The van der Waals surface area contributed by atoms with Gasteiger partial charge in [-0.1, -0.05) is 55.1 Å². The second kappa shape index (κ2) is 6.10. The molecule has 0 heterocycles. The first kappa shape index (κ1) is 11.7. The van der Waals surface area contributed by atoms with E-state index in [0.29, 0.717) is 0 Å². The summed E-state index contributed by atoms with van der Waals surface area (Å²) in [4.78, 5) is 2.51. The van der Waals surface area contributed by atoms with E-state index in [1.807, 2.05) is 0 Å². The highest BCUT2D eigenvalue weighted by atomic mass is 15.1. The van der Waals surface area contributed by atoms with Crippen molar-refractivity contribution in [2.45, 2.75) is 38.1 Å². The number of rotatable bonds is 4. The van der Waals surface area contributed by atoms with Crippen molar-refractivity contribution in [3.05, 3.63) is 30.3 Å². The molecule has 0 aromatic heterocycles. The van der Waals surface area contributed by atoms with Gasteiger partial charge in [-0.2, -0.15) is 0 Å². The van der Waals surface area contributed by atoms with Crippen LogP contribution in [-0.2, 0) is 0 Å². The van der Waals surface area contributed by atoms with Gasteiger partial charge in [0.05, 0.1) is 0 Å². The summed E-state index contributed by atoms with van der Waals surface area (Å²) >= 11 is 0. The SMILES string of the molecule is CN(C[B]c1ccccc1)C1CCCCC1. The van der Waals surface area contributed by atoms with Gasteiger partial charge in [-0.05, 0) is 26.3 Å². The summed E-state index contributed by atoms with van der Waals surface area (Å²) < 4.78 is 0. The lowest BCUT2D eigenvalue weighted by Crippen LogP contribution is -2.38. The molecule has 0 unspecified atom stereocenters. The van der Waals surface area contributed by atoms with Gasteiger partial charge in [0.2, 0.25) is 0 Å². The van der Waals surface area contributed by atoms with Gasteiger partial charge in [0.25, 0.3) is 0 Å². The van der Waals surface area contributed by atoms with Gasteiger partial charge in [0, 0.05) is 6.04 Å². The van der Waals surface area contributed by atoms with E-state index in [0.717, 1.165) is 12.5 Å². The van der Waals surface area contributed by atoms with Crippen molar-refractivity contribution in [2.75, 3.05) is 13.5 Å².